The van der Waals surface area contributed by atoms with Crippen molar-refractivity contribution in [1.82, 2.24) is 15.4 Å². The van der Waals surface area contributed by atoms with E-state index in [1.807, 2.05) is 6.07 Å². The van der Waals surface area contributed by atoms with E-state index >= 15 is 0 Å². The summed E-state index contributed by atoms with van der Waals surface area (Å²) in [4.78, 5) is 6.05. The molecule has 3 rings (SSSR count). The summed E-state index contributed by atoms with van der Waals surface area (Å²) < 4.78 is 54.2. The van der Waals surface area contributed by atoms with Gasteiger partial charge in [0.15, 0.2) is 5.96 Å². The second kappa shape index (κ2) is 9.40. The average molecular weight is 438 g/mol. The van der Waals surface area contributed by atoms with Gasteiger partial charge in [-0.05, 0) is 43.3 Å². The van der Waals surface area contributed by atoms with Crippen LogP contribution >= 0.6 is 0 Å². The third kappa shape index (κ3) is 5.06. The maximum absolute atomic E-state index is 14.0. The molecule has 1 aliphatic heterocycles. The van der Waals surface area contributed by atoms with Crippen LogP contribution < -0.4 is 20.3 Å². The van der Waals surface area contributed by atoms with E-state index in [2.05, 4.69) is 20.3 Å². The van der Waals surface area contributed by atoms with Crippen LogP contribution in [0.2, 0.25) is 0 Å². The molecule has 0 saturated carbocycles. The molecule has 0 amide bonds. The quantitative estimate of drug-likeness (QED) is 0.474. The number of sulfonamides is 1. The number of nitrogens with zero attached hydrogens (tertiary/aromatic N) is 2. The van der Waals surface area contributed by atoms with E-state index in [0.717, 1.165) is 5.56 Å². The number of para-hydroxylation sites is 1. The Morgan fingerprint density at radius 2 is 1.90 bits per heavy atom. The molecule has 1 heterocycles. The topological polar surface area (TPSA) is 85.8 Å². The summed E-state index contributed by atoms with van der Waals surface area (Å²) in [5.41, 5.74) is 0.767. The molecule has 2 aromatic rings. The van der Waals surface area contributed by atoms with Gasteiger partial charge in [-0.1, -0.05) is 18.2 Å². The third-order valence-corrected chi connectivity index (χ3v) is 6.36. The molecule has 0 bridgehead atoms. The smallest absolute Gasteiger partial charge is 0.240 e. The highest BCUT2D eigenvalue weighted by atomic mass is 32.2. The SMILES string of the molecule is CN=C(NCc1cccc(S(=O)(=O)NC)c1)NC1CCN(c2c(F)cccc2F)C1. The van der Waals surface area contributed by atoms with Gasteiger partial charge in [0.05, 0.1) is 4.90 Å². The van der Waals surface area contributed by atoms with Crippen molar-refractivity contribution < 1.29 is 17.2 Å². The third-order valence-electron chi connectivity index (χ3n) is 4.94. The van der Waals surface area contributed by atoms with Crippen LogP contribution in [0.3, 0.4) is 0 Å². The zero-order valence-corrected chi connectivity index (χ0v) is 17.6. The van der Waals surface area contributed by atoms with Crippen LogP contribution in [0.1, 0.15) is 12.0 Å². The number of rotatable bonds is 6. The normalized spacial score (nSPS) is 17.3. The van der Waals surface area contributed by atoms with Crippen LogP contribution in [-0.4, -0.2) is 47.6 Å². The van der Waals surface area contributed by atoms with Gasteiger partial charge < -0.3 is 15.5 Å². The predicted octanol–water partition coefficient (Wildman–Crippen LogP) is 1.82. The molecule has 30 heavy (non-hydrogen) atoms. The standard InChI is InChI=1S/C20H25F2N5O2S/c1-23-20(25-12-14-5-3-6-16(11-14)30(28,29)24-2)26-15-9-10-27(13-15)19-17(21)7-4-8-18(19)22/h3-8,11,15,24H,9-10,12-13H2,1-2H3,(H2,23,25,26). The number of halogens is 2. The lowest BCUT2D eigenvalue weighted by Gasteiger charge is -2.21. The molecular formula is C20H25F2N5O2S. The summed E-state index contributed by atoms with van der Waals surface area (Å²) in [6.45, 7) is 1.33. The number of nitrogens with one attached hydrogen (secondary N) is 3. The van der Waals surface area contributed by atoms with Gasteiger partial charge in [0, 0.05) is 32.7 Å². The summed E-state index contributed by atoms with van der Waals surface area (Å²) in [6, 6.07) is 10.4. The molecule has 1 unspecified atom stereocenters. The van der Waals surface area contributed by atoms with Gasteiger partial charge in [0.25, 0.3) is 0 Å². The molecule has 0 spiro atoms. The van der Waals surface area contributed by atoms with Crippen molar-refractivity contribution in [3.8, 4) is 0 Å². The minimum absolute atomic E-state index is 0.00713. The lowest BCUT2D eigenvalue weighted by atomic mass is 10.2. The highest BCUT2D eigenvalue weighted by Gasteiger charge is 2.27. The molecule has 0 radical (unpaired) electrons. The Labute approximate surface area is 175 Å². The van der Waals surface area contributed by atoms with Gasteiger partial charge in [-0.2, -0.15) is 0 Å². The molecule has 0 aliphatic carbocycles. The Hall–Kier alpha value is -2.72. The first-order chi connectivity index (χ1) is 14.3. The van der Waals surface area contributed by atoms with Gasteiger partial charge in [-0.15, -0.1) is 0 Å². The number of hydrogen-bond acceptors (Lipinski definition) is 4. The van der Waals surface area contributed by atoms with Crippen LogP contribution in [0.5, 0.6) is 0 Å². The van der Waals surface area contributed by atoms with Crippen LogP contribution in [-0.2, 0) is 16.6 Å². The Balaban J connectivity index is 1.59. The van der Waals surface area contributed by atoms with Crippen LogP contribution in [0, 0.1) is 11.6 Å². The number of anilines is 1. The Morgan fingerprint density at radius 1 is 1.20 bits per heavy atom. The molecule has 7 nitrogen and oxygen atoms in total. The van der Waals surface area contributed by atoms with E-state index in [1.54, 1.807) is 24.1 Å². The fourth-order valence-corrected chi connectivity index (χ4v) is 4.19. The lowest BCUT2D eigenvalue weighted by Crippen LogP contribution is -2.44. The molecule has 0 aromatic heterocycles. The van der Waals surface area contributed by atoms with Crippen molar-refractivity contribution in [1.29, 1.82) is 0 Å². The van der Waals surface area contributed by atoms with Crippen LogP contribution in [0.25, 0.3) is 0 Å². The molecule has 1 saturated heterocycles. The summed E-state index contributed by atoms with van der Waals surface area (Å²) in [7, 11) is -0.523. The molecule has 1 atom stereocenters. The summed E-state index contributed by atoms with van der Waals surface area (Å²) in [5, 5.41) is 6.40. The molecule has 2 aromatic carbocycles. The van der Waals surface area contributed by atoms with Crippen molar-refractivity contribution in [3.05, 3.63) is 59.7 Å². The van der Waals surface area contributed by atoms with Gasteiger partial charge in [-0.3, -0.25) is 4.99 Å². The average Bonchev–Trinajstić information content (AvgIpc) is 3.19. The summed E-state index contributed by atoms with van der Waals surface area (Å²) >= 11 is 0. The minimum Gasteiger partial charge on any atom is -0.365 e. The molecule has 1 fully saturated rings. The number of benzene rings is 2. The van der Waals surface area contributed by atoms with E-state index in [0.29, 0.717) is 32.0 Å². The van der Waals surface area contributed by atoms with E-state index < -0.39 is 21.7 Å². The number of hydrogen-bond donors (Lipinski definition) is 3. The van der Waals surface area contributed by atoms with E-state index in [9.17, 15) is 17.2 Å². The molecular weight excluding hydrogens is 412 g/mol. The highest BCUT2D eigenvalue weighted by molar-refractivity contribution is 7.89. The lowest BCUT2D eigenvalue weighted by molar-refractivity contribution is 0.575. The Morgan fingerprint density at radius 3 is 2.57 bits per heavy atom. The van der Waals surface area contributed by atoms with Crippen molar-refractivity contribution in [2.24, 2.45) is 4.99 Å². The van der Waals surface area contributed by atoms with Crippen molar-refractivity contribution in [2.75, 3.05) is 32.1 Å². The first-order valence-electron chi connectivity index (χ1n) is 9.52. The van der Waals surface area contributed by atoms with Crippen molar-refractivity contribution in [2.45, 2.75) is 23.9 Å². The largest absolute Gasteiger partial charge is 0.365 e. The zero-order valence-electron chi connectivity index (χ0n) is 16.8. The Kier molecular flexibility index (Phi) is 6.88. The molecule has 162 valence electrons. The fourth-order valence-electron chi connectivity index (χ4n) is 3.39. The fraction of sp³-hybridized carbons (Fsp3) is 0.350. The maximum Gasteiger partial charge on any atom is 0.240 e. The van der Waals surface area contributed by atoms with Gasteiger partial charge in [0.2, 0.25) is 10.0 Å². The Bertz CT molecular complexity index is 1010. The number of guanidine groups is 1. The van der Waals surface area contributed by atoms with Crippen molar-refractivity contribution >= 4 is 21.7 Å². The molecule has 1 aliphatic rings. The zero-order chi connectivity index (χ0) is 21.7. The second-order valence-electron chi connectivity index (χ2n) is 6.93. The summed E-state index contributed by atoms with van der Waals surface area (Å²) in [5.74, 6) is -0.623. The first kappa shape index (κ1) is 22.0. The van der Waals surface area contributed by atoms with Crippen LogP contribution in [0.15, 0.2) is 52.4 Å². The maximum atomic E-state index is 14.0. The van der Waals surface area contributed by atoms with Gasteiger partial charge in [0.1, 0.15) is 17.3 Å². The molecule has 3 N–H and O–H groups in total. The van der Waals surface area contributed by atoms with E-state index in [-0.39, 0.29) is 16.6 Å². The second-order valence-corrected chi connectivity index (χ2v) is 8.81. The highest BCUT2D eigenvalue weighted by Crippen LogP contribution is 2.26. The van der Waals surface area contributed by atoms with E-state index in [4.69, 9.17) is 0 Å². The summed E-state index contributed by atoms with van der Waals surface area (Å²) in [6.07, 6.45) is 0.699. The first-order valence-corrected chi connectivity index (χ1v) is 11.0. The monoisotopic (exact) mass is 437 g/mol. The molecule has 10 heteroatoms. The van der Waals surface area contributed by atoms with Gasteiger partial charge in [-0.25, -0.2) is 21.9 Å². The predicted molar refractivity (Wildman–Crippen MR) is 113 cm³/mol. The van der Waals surface area contributed by atoms with Gasteiger partial charge >= 0.3 is 0 Å². The van der Waals surface area contributed by atoms with Crippen molar-refractivity contribution in [3.63, 3.8) is 0 Å². The van der Waals surface area contributed by atoms with E-state index in [1.165, 1.54) is 31.3 Å². The minimum atomic E-state index is -3.51. The van der Waals surface area contributed by atoms with Crippen LogP contribution in [0.4, 0.5) is 14.5 Å². The number of aliphatic imine (C=N–C) groups is 1.